The van der Waals surface area contributed by atoms with Gasteiger partial charge in [0.25, 0.3) is 0 Å². The van der Waals surface area contributed by atoms with E-state index in [1.165, 1.54) is 110 Å². The molecular weight excluding hydrogens is 328 g/mol. The van der Waals surface area contributed by atoms with Crippen LogP contribution >= 0.6 is 12.6 Å². The van der Waals surface area contributed by atoms with Crippen molar-refractivity contribution >= 4 is 18.6 Å². The van der Waals surface area contributed by atoms with Gasteiger partial charge in [-0.1, -0.05) is 116 Å². The van der Waals surface area contributed by atoms with Crippen molar-refractivity contribution in [1.29, 1.82) is 0 Å². The van der Waals surface area contributed by atoms with Crippen LogP contribution in [0.4, 0.5) is 0 Å². The number of methoxy groups -OCH3 is 1. The van der Waals surface area contributed by atoms with Gasteiger partial charge in [-0.05, 0) is 6.42 Å². The summed E-state index contributed by atoms with van der Waals surface area (Å²) in [6.45, 7) is 2.28. The van der Waals surface area contributed by atoms with Crippen LogP contribution in [0.25, 0.3) is 0 Å². The summed E-state index contributed by atoms with van der Waals surface area (Å²) in [5.74, 6) is -0.195. The zero-order valence-corrected chi connectivity index (χ0v) is 18.0. The van der Waals surface area contributed by atoms with Gasteiger partial charge in [-0.3, -0.25) is 4.79 Å². The van der Waals surface area contributed by atoms with Gasteiger partial charge in [-0.15, -0.1) is 0 Å². The highest BCUT2D eigenvalue weighted by molar-refractivity contribution is 7.81. The van der Waals surface area contributed by atoms with Crippen molar-refractivity contribution in [1.82, 2.24) is 0 Å². The monoisotopic (exact) mass is 372 g/mol. The Balaban J connectivity index is 3.08. The van der Waals surface area contributed by atoms with Crippen molar-refractivity contribution in [2.75, 3.05) is 7.11 Å². The molecule has 0 radical (unpaired) electrons. The maximum atomic E-state index is 11.2. The minimum Gasteiger partial charge on any atom is -0.468 e. The molecule has 1 atom stereocenters. The maximum absolute atomic E-state index is 11.2. The second-order valence-corrected chi connectivity index (χ2v) is 8.11. The van der Waals surface area contributed by atoms with Gasteiger partial charge >= 0.3 is 5.97 Å². The highest BCUT2D eigenvalue weighted by Gasteiger charge is 2.12. The first-order chi connectivity index (χ1) is 12.2. The number of unbranched alkanes of at least 4 members (excludes halogenated alkanes) is 16. The van der Waals surface area contributed by atoms with Crippen molar-refractivity contribution in [2.45, 2.75) is 128 Å². The molecule has 0 amide bonds. The fourth-order valence-electron chi connectivity index (χ4n) is 3.32. The van der Waals surface area contributed by atoms with Gasteiger partial charge in [0, 0.05) is 0 Å². The van der Waals surface area contributed by atoms with E-state index in [4.69, 9.17) is 0 Å². The van der Waals surface area contributed by atoms with E-state index in [0.29, 0.717) is 0 Å². The lowest BCUT2D eigenvalue weighted by Crippen LogP contribution is -2.15. The third kappa shape index (κ3) is 18.4. The molecule has 0 N–H and O–H groups in total. The van der Waals surface area contributed by atoms with Crippen LogP contribution in [-0.4, -0.2) is 18.3 Å². The summed E-state index contributed by atoms with van der Waals surface area (Å²) in [6, 6.07) is 0. The van der Waals surface area contributed by atoms with Crippen LogP contribution in [0.1, 0.15) is 122 Å². The zero-order chi connectivity index (χ0) is 18.6. The summed E-state index contributed by atoms with van der Waals surface area (Å²) in [5.41, 5.74) is 0. The Morgan fingerprint density at radius 2 is 1.00 bits per heavy atom. The molecule has 0 saturated carbocycles. The first-order valence-corrected chi connectivity index (χ1v) is 11.5. The Bertz CT molecular complexity index is 281. The quantitative estimate of drug-likeness (QED) is 0.144. The molecule has 0 aromatic heterocycles. The second-order valence-electron chi connectivity index (χ2n) is 7.48. The Morgan fingerprint density at radius 1 is 0.680 bits per heavy atom. The van der Waals surface area contributed by atoms with E-state index < -0.39 is 0 Å². The number of thiol groups is 1. The standard InChI is InChI=1S/C22H44O2S/c1-3-4-5-6-7-8-9-10-11-12-13-14-15-16-17-18-19-20-21(25)22(23)24-2/h21,25H,3-20H2,1-2H3. The number of carbonyl (C=O) groups is 1. The summed E-state index contributed by atoms with van der Waals surface area (Å²) in [6.07, 6.45) is 24.3. The van der Waals surface area contributed by atoms with Crippen LogP contribution in [0.2, 0.25) is 0 Å². The molecular formula is C22H44O2S. The molecule has 1 unspecified atom stereocenters. The lowest BCUT2D eigenvalue weighted by molar-refractivity contribution is -0.140. The third-order valence-corrected chi connectivity index (χ3v) is 5.52. The fourth-order valence-corrected chi connectivity index (χ4v) is 3.60. The highest BCUT2D eigenvalue weighted by Crippen LogP contribution is 2.15. The first-order valence-electron chi connectivity index (χ1n) is 11.0. The molecule has 150 valence electrons. The Hall–Kier alpha value is -0.180. The highest BCUT2D eigenvalue weighted by atomic mass is 32.1. The smallest absolute Gasteiger partial charge is 0.318 e. The van der Waals surface area contributed by atoms with Gasteiger partial charge in [0.15, 0.2) is 0 Å². The lowest BCUT2D eigenvalue weighted by atomic mass is 10.0. The number of rotatable bonds is 19. The SMILES string of the molecule is CCCCCCCCCCCCCCCCCCCC(S)C(=O)OC. The Kier molecular flexibility index (Phi) is 20.0. The minimum atomic E-state index is -0.235. The molecule has 0 saturated heterocycles. The van der Waals surface area contributed by atoms with Crippen molar-refractivity contribution in [3.8, 4) is 0 Å². The average Bonchev–Trinajstić information content (AvgIpc) is 2.63. The number of hydrogen-bond donors (Lipinski definition) is 1. The van der Waals surface area contributed by atoms with Gasteiger partial charge in [-0.25, -0.2) is 0 Å². The van der Waals surface area contributed by atoms with Crippen LogP contribution in [-0.2, 0) is 9.53 Å². The van der Waals surface area contributed by atoms with Gasteiger partial charge in [0.2, 0.25) is 0 Å². The van der Waals surface area contributed by atoms with Gasteiger partial charge in [-0.2, -0.15) is 12.6 Å². The van der Waals surface area contributed by atoms with Crippen LogP contribution in [0.15, 0.2) is 0 Å². The summed E-state index contributed by atoms with van der Waals surface area (Å²) in [5, 5.41) is -0.235. The largest absolute Gasteiger partial charge is 0.468 e. The van der Waals surface area contributed by atoms with E-state index in [1.54, 1.807) is 0 Å². The molecule has 0 fully saturated rings. The van der Waals surface area contributed by atoms with E-state index in [0.717, 1.165) is 12.8 Å². The van der Waals surface area contributed by atoms with Gasteiger partial charge < -0.3 is 4.74 Å². The van der Waals surface area contributed by atoms with Crippen molar-refractivity contribution in [3.05, 3.63) is 0 Å². The van der Waals surface area contributed by atoms with Gasteiger partial charge in [0.1, 0.15) is 0 Å². The molecule has 0 rings (SSSR count). The molecule has 3 heteroatoms. The van der Waals surface area contributed by atoms with Crippen molar-refractivity contribution in [2.24, 2.45) is 0 Å². The summed E-state index contributed by atoms with van der Waals surface area (Å²) in [7, 11) is 1.43. The summed E-state index contributed by atoms with van der Waals surface area (Å²) in [4.78, 5) is 11.2. The van der Waals surface area contributed by atoms with E-state index in [9.17, 15) is 4.79 Å². The van der Waals surface area contributed by atoms with Crippen LogP contribution in [0.3, 0.4) is 0 Å². The van der Waals surface area contributed by atoms with Crippen LogP contribution < -0.4 is 0 Å². The molecule has 0 aliphatic heterocycles. The molecule has 0 heterocycles. The molecule has 2 nitrogen and oxygen atoms in total. The predicted octanol–water partition coefficient (Wildman–Crippen LogP) is 7.50. The predicted molar refractivity (Wildman–Crippen MR) is 114 cm³/mol. The summed E-state index contributed by atoms with van der Waals surface area (Å²) < 4.78 is 4.68. The Labute approximate surface area is 163 Å². The van der Waals surface area contributed by atoms with Crippen molar-refractivity contribution < 1.29 is 9.53 Å². The van der Waals surface area contributed by atoms with Crippen molar-refractivity contribution in [3.63, 3.8) is 0 Å². The van der Waals surface area contributed by atoms with E-state index >= 15 is 0 Å². The number of esters is 1. The maximum Gasteiger partial charge on any atom is 0.318 e. The number of carbonyl (C=O) groups excluding carboxylic acids is 1. The lowest BCUT2D eigenvalue weighted by Gasteiger charge is -2.07. The van der Waals surface area contributed by atoms with E-state index in [-0.39, 0.29) is 11.2 Å². The Morgan fingerprint density at radius 3 is 1.32 bits per heavy atom. The number of ether oxygens (including phenoxy) is 1. The molecule has 0 spiro atoms. The number of hydrogen-bond acceptors (Lipinski definition) is 3. The molecule has 0 aromatic rings. The normalized spacial score (nSPS) is 12.3. The van der Waals surface area contributed by atoms with E-state index in [1.807, 2.05) is 0 Å². The van der Waals surface area contributed by atoms with Crippen LogP contribution in [0, 0.1) is 0 Å². The molecule has 25 heavy (non-hydrogen) atoms. The third-order valence-electron chi connectivity index (χ3n) is 5.05. The first kappa shape index (κ1) is 24.8. The average molecular weight is 373 g/mol. The summed E-state index contributed by atoms with van der Waals surface area (Å²) >= 11 is 4.26. The molecule has 0 aliphatic rings. The van der Waals surface area contributed by atoms with E-state index in [2.05, 4.69) is 24.3 Å². The molecule has 0 aliphatic carbocycles. The molecule has 0 bridgehead atoms. The minimum absolute atomic E-state index is 0.195. The fraction of sp³-hybridized carbons (Fsp3) is 0.955. The molecule has 0 aromatic carbocycles. The zero-order valence-electron chi connectivity index (χ0n) is 17.1. The van der Waals surface area contributed by atoms with Gasteiger partial charge in [0.05, 0.1) is 12.4 Å². The topological polar surface area (TPSA) is 26.3 Å². The second kappa shape index (κ2) is 20.1. The van der Waals surface area contributed by atoms with Crippen LogP contribution in [0.5, 0.6) is 0 Å².